The number of aromatic amines is 1. The lowest BCUT2D eigenvalue weighted by Gasteiger charge is -2.25. The van der Waals surface area contributed by atoms with Gasteiger partial charge in [-0.05, 0) is 84.1 Å². The molecule has 0 spiro atoms. The van der Waals surface area contributed by atoms with Crippen molar-refractivity contribution in [2.24, 2.45) is 10.4 Å². The molecule has 2 N–H and O–H groups in total. The Balaban J connectivity index is 1.73. The first-order chi connectivity index (χ1) is 17.5. The molecule has 7 nitrogen and oxygen atoms in total. The minimum Gasteiger partial charge on any atom is -0.481 e. The van der Waals surface area contributed by atoms with Gasteiger partial charge >= 0.3 is 5.97 Å². The number of carboxylic acids is 1. The zero-order valence-corrected chi connectivity index (χ0v) is 22.9. The van der Waals surface area contributed by atoms with Crippen LogP contribution in [-0.4, -0.2) is 45.0 Å². The van der Waals surface area contributed by atoms with Gasteiger partial charge in [0.05, 0.1) is 34.3 Å². The number of methoxy groups -OCH3 is 1. The van der Waals surface area contributed by atoms with Crippen LogP contribution in [0.4, 0.5) is 0 Å². The van der Waals surface area contributed by atoms with E-state index in [0.29, 0.717) is 6.42 Å². The molecule has 7 heteroatoms. The van der Waals surface area contributed by atoms with Gasteiger partial charge in [-0.25, -0.2) is 4.98 Å². The van der Waals surface area contributed by atoms with E-state index in [0.717, 1.165) is 52.5 Å². The highest BCUT2D eigenvalue weighted by atomic mass is 16.5. The molecule has 3 aromatic rings. The maximum absolute atomic E-state index is 11.3. The lowest BCUT2D eigenvalue weighted by molar-refractivity contribution is -0.147. The van der Waals surface area contributed by atoms with Gasteiger partial charge in [0.25, 0.3) is 0 Å². The van der Waals surface area contributed by atoms with Crippen molar-refractivity contribution in [3.63, 3.8) is 0 Å². The van der Waals surface area contributed by atoms with E-state index in [4.69, 9.17) is 4.74 Å². The van der Waals surface area contributed by atoms with Crippen molar-refractivity contribution in [1.29, 1.82) is 0 Å². The first-order valence-corrected chi connectivity index (χ1v) is 12.6. The summed E-state index contributed by atoms with van der Waals surface area (Å²) in [6.07, 6.45) is 7.70. The highest BCUT2D eigenvalue weighted by molar-refractivity contribution is 5.75. The summed E-state index contributed by atoms with van der Waals surface area (Å²) in [6, 6.07) is 12.3. The molecular weight excluding hydrogens is 464 g/mol. The SMILES string of the molecule is C/C=N\C(=C(/C)C(C)(C)OC)c1cnc(-c2ccc(-c3ccc(CCCC(C)(C)C(=O)O)cc3)nc2)[nH]1. The van der Waals surface area contributed by atoms with Crippen LogP contribution in [0, 0.1) is 5.41 Å². The summed E-state index contributed by atoms with van der Waals surface area (Å²) >= 11 is 0. The molecule has 0 aliphatic carbocycles. The van der Waals surface area contributed by atoms with E-state index < -0.39 is 17.0 Å². The van der Waals surface area contributed by atoms with Crippen LogP contribution in [0.5, 0.6) is 0 Å². The second-order valence-electron chi connectivity index (χ2n) is 10.4. The van der Waals surface area contributed by atoms with Gasteiger partial charge in [0.1, 0.15) is 5.82 Å². The average molecular weight is 503 g/mol. The van der Waals surface area contributed by atoms with Crippen LogP contribution in [0.1, 0.15) is 65.6 Å². The number of imidazole rings is 1. The highest BCUT2D eigenvalue weighted by Crippen LogP contribution is 2.30. The van der Waals surface area contributed by atoms with Gasteiger partial charge in [0.15, 0.2) is 0 Å². The summed E-state index contributed by atoms with van der Waals surface area (Å²) in [7, 11) is 1.69. The van der Waals surface area contributed by atoms with Gasteiger partial charge in [-0.2, -0.15) is 0 Å². The van der Waals surface area contributed by atoms with E-state index in [9.17, 15) is 9.90 Å². The van der Waals surface area contributed by atoms with Crippen molar-refractivity contribution in [3.05, 3.63) is 65.6 Å². The zero-order chi connectivity index (χ0) is 27.2. The van der Waals surface area contributed by atoms with Crippen molar-refractivity contribution in [2.75, 3.05) is 7.11 Å². The molecule has 0 amide bonds. The molecular formula is C30H38N4O3. The lowest BCUT2D eigenvalue weighted by Crippen LogP contribution is -2.24. The number of pyridine rings is 1. The fourth-order valence-corrected chi connectivity index (χ4v) is 3.91. The summed E-state index contributed by atoms with van der Waals surface area (Å²) in [5.41, 5.74) is 5.47. The molecule has 37 heavy (non-hydrogen) atoms. The van der Waals surface area contributed by atoms with Crippen LogP contribution < -0.4 is 0 Å². The number of carboxylic acid groups (broad SMARTS) is 1. The fraction of sp³-hybridized carbons (Fsp3) is 0.400. The van der Waals surface area contributed by atoms with Crippen molar-refractivity contribution < 1.29 is 14.6 Å². The van der Waals surface area contributed by atoms with Crippen LogP contribution in [0.15, 0.2) is 59.4 Å². The van der Waals surface area contributed by atoms with Crippen molar-refractivity contribution in [2.45, 2.75) is 66.4 Å². The van der Waals surface area contributed by atoms with Gasteiger partial charge in [-0.3, -0.25) is 14.8 Å². The number of benzene rings is 1. The molecule has 0 saturated carbocycles. The predicted octanol–water partition coefficient (Wildman–Crippen LogP) is 6.82. The third-order valence-corrected chi connectivity index (χ3v) is 6.99. The number of nitrogens with one attached hydrogen (secondary N) is 1. The Hall–Kier alpha value is -3.58. The molecule has 0 fully saturated rings. The van der Waals surface area contributed by atoms with E-state index in [1.54, 1.807) is 33.4 Å². The van der Waals surface area contributed by atoms with E-state index in [-0.39, 0.29) is 0 Å². The number of aliphatic carboxylic acids is 1. The number of hydrogen-bond donors (Lipinski definition) is 2. The molecule has 0 bridgehead atoms. The van der Waals surface area contributed by atoms with Gasteiger partial charge < -0.3 is 14.8 Å². The van der Waals surface area contributed by atoms with Crippen LogP contribution in [0.3, 0.4) is 0 Å². The molecule has 2 heterocycles. The van der Waals surface area contributed by atoms with Crippen LogP contribution in [0.2, 0.25) is 0 Å². The molecule has 0 aliphatic heterocycles. The molecule has 0 atom stereocenters. The maximum Gasteiger partial charge on any atom is 0.309 e. The number of hydrogen-bond acceptors (Lipinski definition) is 5. The highest BCUT2D eigenvalue weighted by Gasteiger charge is 2.26. The molecule has 2 aromatic heterocycles. The molecule has 1 aromatic carbocycles. The molecule has 0 radical (unpaired) electrons. The normalized spacial score (nSPS) is 13.2. The standard InChI is InChI=1S/C30H38N4O3/c1-8-31-26(20(2)30(5,6)37-7)25-19-33-27(34-25)23-15-16-24(32-18-23)22-13-11-21(12-14-22)10-9-17-29(3,4)28(35)36/h8,11-16,18-19H,9-10,17H2,1-7H3,(H,33,34)(H,35,36)/b26-20+,31-8-. The second-order valence-corrected chi connectivity index (χ2v) is 10.4. The Morgan fingerprint density at radius 1 is 1.05 bits per heavy atom. The summed E-state index contributed by atoms with van der Waals surface area (Å²) in [4.78, 5) is 28.5. The second kappa shape index (κ2) is 11.6. The van der Waals surface area contributed by atoms with E-state index in [1.807, 2.05) is 46.0 Å². The number of carbonyl (C=O) groups is 1. The van der Waals surface area contributed by atoms with Crippen molar-refractivity contribution in [3.8, 4) is 22.6 Å². The first-order valence-electron chi connectivity index (χ1n) is 12.6. The number of H-pyrrole nitrogens is 1. The van der Waals surface area contributed by atoms with E-state index in [2.05, 4.69) is 44.2 Å². The van der Waals surface area contributed by atoms with Crippen LogP contribution in [0.25, 0.3) is 28.3 Å². The Morgan fingerprint density at radius 3 is 2.30 bits per heavy atom. The Kier molecular flexibility index (Phi) is 8.81. The fourth-order valence-electron chi connectivity index (χ4n) is 3.91. The number of rotatable bonds is 11. The molecule has 196 valence electrons. The minimum absolute atomic E-state index is 0.457. The summed E-state index contributed by atoms with van der Waals surface area (Å²) < 4.78 is 5.65. The van der Waals surface area contributed by atoms with Gasteiger partial charge in [-0.15, -0.1) is 0 Å². The number of ether oxygens (including phenoxy) is 1. The quantitative estimate of drug-likeness (QED) is 0.280. The van der Waals surface area contributed by atoms with Gasteiger partial charge in [0.2, 0.25) is 0 Å². The minimum atomic E-state index is -0.750. The Morgan fingerprint density at radius 2 is 1.73 bits per heavy atom. The maximum atomic E-state index is 11.3. The number of nitrogens with zero attached hydrogens (tertiary/aromatic N) is 3. The van der Waals surface area contributed by atoms with Gasteiger partial charge in [-0.1, -0.05) is 24.3 Å². The summed E-state index contributed by atoms with van der Waals surface area (Å²) in [6.45, 7) is 11.5. The Labute approximate surface area is 219 Å². The predicted molar refractivity (Wildman–Crippen MR) is 149 cm³/mol. The Bertz CT molecular complexity index is 1270. The van der Waals surface area contributed by atoms with E-state index >= 15 is 0 Å². The lowest BCUT2D eigenvalue weighted by atomic mass is 9.86. The van der Waals surface area contributed by atoms with Crippen molar-refractivity contribution in [1.82, 2.24) is 15.0 Å². The third-order valence-electron chi connectivity index (χ3n) is 6.99. The monoisotopic (exact) mass is 502 g/mol. The first kappa shape index (κ1) is 28.0. The molecule has 3 rings (SSSR count). The topological polar surface area (TPSA) is 100 Å². The molecule has 0 aliphatic rings. The van der Waals surface area contributed by atoms with Crippen LogP contribution >= 0.6 is 0 Å². The summed E-state index contributed by atoms with van der Waals surface area (Å²) in [5.74, 6) is -0.0276. The smallest absolute Gasteiger partial charge is 0.309 e. The summed E-state index contributed by atoms with van der Waals surface area (Å²) in [5, 5.41) is 9.28. The molecule has 0 unspecified atom stereocenters. The van der Waals surface area contributed by atoms with E-state index in [1.165, 1.54) is 5.56 Å². The number of aliphatic imine (C=N–C) groups is 1. The zero-order valence-electron chi connectivity index (χ0n) is 22.9. The average Bonchev–Trinajstić information content (AvgIpc) is 3.37. The third kappa shape index (κ3) is 6.80. The molecule has 0 saturated heterocycles. The largest absolute Gasteiger partial charge is 0.481 e. The van der Waals surface area contributed by atoms with Gasteiger partial charge in [0, 0.05) is 30.6 Å². The van der Waals surface area contributed by atoms with Crippen LogP contribution in [-0.2, 0) is 16.0 Å². The number of aryl methyl sites for hydroxylation is 1. The number of aromatic nitrogens is 3. The van der Waals surface area contributed by atoms with Crippen molar-refractivity contribution >= 4 is 17.9 Å².